The number of urea groups is 1. The van der Waals surface area contributed by atoms with Gasteiger partial charge >= 0.3 is 12.7 Å². The molecule has 1 saturated heterocycles. The van der Waals surface area contributed by atoms with Gasteiger partial charge in [-0.25, -0.2) is 9.79 Å². The van der Waals surface area contributed by atoms with E-state index in [2.05, 4.69) is 21.3 Å². The quantitative estimate of drug-likeness (QED) is 0.353. The molecule has 0 saturated carbocycles. The summed E-state index contributed by atoms with van der Waals surface area (Å²) in [5.74, 6) is -1.79. The molecule has 2 rings (SSSR count). The van der Waals surface area contributed by atoms with E-state index >= 15 is 0 Å². The highest BCUT2D eigenvalue weighted by atomic mass is 32.5. The van der Waals surface area contributed by atoms with Crippen LogP contribution in [0.3, 0.4) is 0 Å². The zero-order chi connectivity index (χ0) is 15.8. The molecule has 2 aliphatic rings. The van der Waals surface area contributed by atoms with Gasteiger partial charge in [0.05, 0.1) is 6.61 Å². The van der Waals surface area contributed by atoms with Gasteiger partial charge in [0.15, 0.2) is 0 Å². The molecule has 0 aromatic carbocycles. The molecule has 0 radical (unpaired) electrons. The second-order valence-corrected chi connectivity index (χ2v) is 7.17. The average Bonchev–Trinajstić information content (AvgIpc) is 2.64. The standard InChI is InChI=1S/C9H13N2O8PS/c12-5-4(2-18-20(16,17)21)19-7(6(5)13)3-1-10-9(15)11-8(3)14/h1,3-7,12-13H,2H2,(H,11,14,15)(H2,16,17,21)/t3?,4-,5+,6?,7+/m1/s1. The fourth-order valence-electron chi connectivity index (χ4n) is 2.05. The Kier molecular flexibility index (Phi) is 4.85. The largest absolute Gasteiger partial charge is 0.388 e. The fourth-order valence-corrected chi connectivity index (χ4v) is 2.58. The zero-order valence-corrected chi connectivity index (χ0v) is 12.1. The summed E-state index contributed by atoms with van der Waals surface area (Å²) in [6, 6.07) is -0.828. The summed E-state index contributed by atoms with van der Waals surface area (Å²) in [5, 5.41) is 21.6. The van der Waals surface area contributed by atoms with Crippen molar-refractivity contribution in [3.63, 3.8) is 0 Å². The van der Waals surface area contributed by atoms with Crippen molar-refractivity contribution < 1.29 is 38.8 Å². The van der Waals surface area contributed by atoms with E-state index in [4.69, 9.17) is 14.5 Å². The Morgan fingerprint density at radius 2 is 2.05 bits per heavy atom. The second kappa shape index (κ2) is 6.15. The van der Waals surface area contributed by atoms with Gasteiger partial charge in [0.25, 0.3) is 0 Å². The summed E-state index contributed by atoms with van der Waals surface area (Å²) in [5.41, 5.74) is 0. The molecule has 1 fully saturated rings. The van der Waals surface area contributed by atoms with Gasteiger partial charge in [0.1, 0.15) is 30.3 Å². The molecule has 5 N–H and O–H groups in total. The van der Waals surface area contributed by atoms with E-state index in [1.165, 1.54) is 0 Å². The number of aliphatic hydroxyl groups excluding tert-OH is 2. The SMILES string of the molecule is O=C1N=CC([C@@H]2O[C@H](COP(O)(O)=S)[C@H](O)C2O)C(=O)N1. The van der Waals surface area contributed by atoms with Gasteiger partial charge in [-0.2, -0.15) is 0 Å². The summed E-state index contributed by atoms with van der Waals surface area (Å²) < 4.78 is 9.85. The molecule has 0 aromatic heterocycles. The van der Waals surface area contributed by atoms with E-state index in [-0.39, 0.29) is 0 Å². The Labute approximate surface area is 123 Å². The van der Waals surface area contributed by atoms with Crippen LogP contribution in [0.1, 0.15) is 0 Å². The Hall–Kier alpha value is -0.780. The number of hydrogen-bond donors (Lipinski definition) is 5. The number of nitrogens with zero attached hydrogens (tertiary/aromatic N) is 1. The lowest BCUT2D eigenvalue weighted by molar-refractivity contribution is -0.127. The van der Waals surface area contributed by atoms with Crippen molar-refractivity contribution in [1.82, 2.24) is 5.32 Å². The molecule has 0 spiro atoms. The van der Waals surface area contributed by atoms with Crippen LogP contribution in [0.25, 0.3) is 0 Å². The monoisotopic (exact) mass is 340 g/mol. The number of nitrogens with one attached hydrogen (secondary N) is 1. The van der Waals surface area contributed by atoms with Gasteiger partial charge in [-0.15, -0.1) is 0 Å². The van der Waals surface area contributed by atoms with Crippen molar-refractivity contribution in [1.29, 1.82) is 0 Å². The predicted molar refractivity (Wildman–Crippen MR) is 70.9 cm³/mol. The number of aliphatic imine (C=N–C) groups is 1. The molecule has 10 nitrogen and oxygen atoms in total. The zero-order valence-electron chi connectivity index (χ0n) is 10.4. The Bertz CT molecular complexity index is 522. The lowest BCUT2D eigenvalue weighted by Gasteiger charge is -2.23. The molecule has 0 bridgehead atoms. The molecular weight excluding hydrogens is 327 g/mol. The average molecular weight is 340 g/mol. The first-order chi connectivity index (χ1) is 9.69. The van der Waals surface area contributed by atoms with Crippen molar-refractivity contribution in [2.75, 3.05) is 6.61 Å². The maximum atomic E-state index is 11.6. The fraction of sp³-hybridized carbons (Fsp3) is 0.667. The van der Waals surface area contributed by atoms with Gasteiger partial charge in [-0.3, -0.25) is 10.1 Å². The lowest BCUT2D eigenvalue weighted by atomic mass is 9.95. The summed E-state index contributed by atoms with van der Waals surface area (Å²) in [4.78, 5) is 43.8. The lowest BCUT2D eigenvalue weighted by Crippen LogP contribution is -2.48. The summed E-state index contributed by atoms with van der Waals surface area (Å²) in [6.45, 7) is -4.40. The number of amides is 3. The second-order valence-electron chi connectivity index (χ2n) is 4.51. The molecule has 2 unspecified atom stereocenters. The van der Waals surface area contributed by atoms with Crippen molar-refractivity contribution in [3.8, 4) is 0 Å². The van der Waals surface area contributed by atoms with Gasteiger partial charge < -0.3 is 29.3 Å². The number of aliphatic hydroxyl groups is 2. The number of hydrogen-bond acceptors (Lipinski definition) is 7. The highest BCUT2D eigenvalue weighted by Gasteiger charge is 2.49. The summed E-state index contributed by atoms with van der Waals surface area (Å²) >= 11 is 4.25. The smallest absolute Gasteiger partial charge is 0.347 e. The third kappa shape index (κ3) is 3.90. The molecule has 0 aliphatic carbocycles. The highest BCUT2D eigenvalue weighted by Crippen LogP contribution is 2.38. The Balaban J connectivity index is 2.06. The van der Waals surface area contributed by atoms with E-state index < -0.39 is 55.6 Å². The van der Waals surface area contributed by atoms with Crippen molar-refractivity contribution in [3.05, 3.63) is 0 Å². The van der Waals surface area contributed by atoms with Crippen LogP contribution >= 0.6 is 6.72 Å². The molecule has 118 valence electrons. The molecule has 3 amide bonds. The summed E-state index contributed by atoms with van der Waals surface area (Å²) in [7, 11) is 0. The highest BCUT2D eigenvalue weighted by molar-refractivity contribution is 8.06. The summed E-state index contributed by atoms with van der Waals surface area (Å²) in [6.07, 6.45) is -4.10. The van der Waals surface area contributed by atoms with Crippen LogP contribution < -0.4 is 5.32 Å². The first kappa shape index (κ1) is 16.6. The van der Waals surface area contributed by atoms with Crippen LogP contribution in [0.5, 0.6) is 0 Å². The number of imide groups is 1. The number of carbonyl (C=O) groups excluding carboxylic acids is 2. The molecular formula is C9H13N2O8PS. The number of ether oxygens (including phenoxy) is 1. The molecule has 12 heteroatoms. The van der Waals surface area contributed by atoms with E-state index in [9.17, 15) is 19.8 Å². The van der Waals surface area contributed by atoms with Gasteiger partial charge in [0.2, 0.25) is 5.91 Å². The Morgan fingerprint density at radius 3 is 2.62 bits per heavy atom. The molecule has 2 aliphatic heterocycles. The molecule has 5 atom stereocenters. The van der Waals surface area contributed by atoms with Gasteiger partial charge in [-0.05, 0) is 11.8 Å². The van der Waals surface area contributed by atoms with Crippen LogP contribution in [0.15, 0.2) is 4.99 Å². The van der Waals surface area contributed by atoms with Crippen LogP contribution in [0.4, 0.5) is 4.79 Å². The van der Waals surface area contributed by atoms with E-state index in [0.29, 0.717) is 0 Å². The van der Waals surface area contributed by atoms with Gasteiger partial charge in [-0.1, -0.05) is 0 Å². The van der Waals surface area contributed by atoms with Crippen LogP contribution in [0, 0.1) is 5.92 Å². The molecule has 0 aromatic rings. The third-order valence-corrected chi connectivity index (χ3v) is 3.85. The first-order valence-electron chi connectivity index (χ1n) is 5.80. The number of carbonyl (C=O) groups is 2. The minimum atomic E-state index is -3.93. The maximum Gasteiger partial charge on any atom is 0.347 e. The van der Waals surface area contributed by atoms with Crippen LogP contribution in [-0.4, -0.2) is 69.2 Å². The third-order valence-electron chi connectivity index (χ3n) is 3.05. The van der Waals surface area contributed by atoms with E-state index in [1.807, 2.05) is 5.32 Å². The first-order valence-corrected chi connectivity index (χ1v) is 8.42. The Morgan fingerprint density at radius 1 is 1.38 bits per heavy atom. The van der Waals surface area contributed by atoms with Gasteiger partial charge in [0, 0.05) is 6.21 Å². The van der Waals surface area contributed by atoms with Crippen molar-refractivity contribution in [2.24, 2.45) is 10.9 Å². The minimum absolute atomic E-state index is 0.469. The van der Waals surface area contributed by atoms with E-state index in [1.54, 1.807) is 0 Å². The predicted octanol–water partition coefficient (Wildman–Crippen LogP) is -2.36. The van der Waals surface area contributed by atoms with Crippen molar-refractivity contribution >= 4 is 36.7 Å². The minimum Gasteiger partial charge on any atom is -0.388 e. The maximum absolute atomic E-state index is 11.6. The van der Waals surface area contributed by atoms with Crippen molar-refractivity contribution in [2.45, 2.75) is 24.4 Å². The molecule has 2 heterocycles. The normalized spacial score (nSPS) is 36.9. The van der Waals surface area contributed by atoms with Crippen LogP contribution in [-0.2, 0) is 25.9 Å². The topological polar surface area (TPSA) is 158 Å². The van der Waals surface area contributed by atoms with E-state index in [0.717, 1.165) is 6.21 Å². The molecule has 21 heavy (non-hydrogen) atoms. The number of rotatable bonds is 4. The van der Waals surface area contributed by atoms with Crippen LogP contribution in [0.2, 0.25) is 0 Å².